The number of thiazole rings is 1. The van der Waals surface area contributed by atoms with Crippen molar-refractivity contribution in [2.75, 3.05) is 6.54 Å². The van der Waals surface area contributed by atoms with Crippen LogP contribution in [0.2, 0.25) is 0 Å². The molecule has 0 radical (unpaired) electrons. The minimum atomic E-state index is -0.706. The predicted molar refractivity (Wildman–Crippen MR) is 88.0 cm³/mol. The Morgan fingerprint density at radius 1 is 1.36 bits per heavy atom. The number of aryl methyl sites for hydroxylation is 1. The molecule has 22 heavy (non-hydrogen) atoms. The molecule has 0 amide bonds. The van der Waals surface area contributed by atoms with Gasteiger partial charge in [-0.25, -0.2) is 4.98 Å². The number of likely N-dealkylation sites (tertiary alicyclic amines) is 1. The maximum atomic E-state index is 11.4. The number of piperidine rings is 1. The first-order valence-electron chi connectivity index (χ1n) is 7.62. The molecule has 0 saturated carbocycles. The molecule has 116 valence electrons. The Kier molecular flexibility index (Phi) is 4.55. The number of rotatable bonds is 4. The van der Waals surface area contributed by atoms with E-state index in [1.807, 2.05) is 6.20 Å². The Morgan fingerprint density at radius 2 is 2.14 bits per heavy atom. The van der Waals surface area contributed by atoms with E-state index in [2.05, 4.69) is 41.1 Å². The van der Waals surface area contributed by atoms with Gasteiger partial charge in [0.05, 0.1) is 0 Å². The number of carboxylic acids is 1. The van der Waals surface area contributed by atoms with Crippen molar-refractivity contribution in [2.24, 2.45) is 0 Å². The van der Waals surface area contributed by atoms with E-state index in [1.54, 1.807) is 11.3 Å². The number of carbonyl (C=O) groups is 1. The van der Waals surface area contributed by atoms with Crippen LogP contribution in [0.1, 0.15) is 29.7 Å². The van der Waals surface area contributed by atoms with E-state index in [-0.39, 0.29) is 6.04 Å². The van der Waals surface area contributed by atoms with Crippen LogP contribution < -0.4 is 0 Å². The normalized spacial score (nSPS) is 19.2. The molecule has 2 heterocycles. The predicted octanol–water partition coefficient (Wildman–Crippen LogP) is 3.56. The molecule has 3 rings (SSSR count). The summed E-state index contributed by atoms with van der Waals surface area (Å²) in [5, 5.41) is 10.3. The highest BCUT2D eigenvalue weighted by molar-refractivity contribution is 7.15. The number of benzene rings is 1. The van der Waals surface area contributed by atoms with Crippen LogP contribution in [-0.4, -0.2) is 33.5 Å². The highest BCUT2D eigenvalue weighted by atomic mass is 32.1. The number of hydrogen-bond donors (Lipinski definition) is 1. The minimum absolute atomic E-state index is 0.348. The Balaban J connectivity index is 1.73. The summed E-state index contributed by atoms with van der Waals surface area (Å²) >= 11 is 1.65. The second kappa shape index (κ2) is 6.58. The van der Waals surface area contributed by atoms with Crippen LogP contribution in [0, 0.1) is 6.92 Å². The standard InChI is InChI=1S/C17H20N2O2S/c1-12-5-7-13(8-6-12)16-18-10-14(22-16)11-19-9-3-2-4-15(19)17(20)21/h5-8,10,15H,2-4,9,11H2,1H3,(H,20,21). The molecule has 5 heteroatoms. The lowest BCUT2D eigenvalue weighted by atomic mass is 10.0. The van der Waals surface area contributed by atoms with E-state index in [4.69, 9.17) is 0 Å². The van der Waals surface area contributed by atoms with Crippen LogP contribution in [0.4, 0.5) is 0 Å². The van der Waals surface area contributed by atoms with Gasteiger partial charge in [0, 0.05) is 23.2 Å². The van der Waals surface area contributed by atoms with Crippen LogP contribution in [0.15, 0.2) is 30.5 Å². The van der Waals surface area contributed by atoms with Crippen molar-refractivity contribution in [3.63, 3.8) is 0 Å². The van der Waals surface area contributed by atoms with Crippen molar-refractivity contribution in [3.05, 3.63) is 40.9 Å². The molecular weight excluding hydrogens is 296 g/mol. The monoisotopic (exact) mass is 316 g/mol. The van der Waals surface area contributed by atoms with Crippen molar-refractivity contribution >= 4 is 17.3 Å². The zero-order valence-electron chi connectivity index (χ0n) is 12.7. The summed E-state index contributed by atoms with van der Waals surface area (Å²) in [4.78, 5) is 19.1. The average molecular weight is 316 g/mol. The van der Waals surface area contributed by atoms with Gasteiger partial charge in [-0.15, -0.1) is 11.3 Å². The number of aromatic nitrogens is 1. The third-order valence-electron chi connectivity index (χ3n) is 4.11. The van der Waals surface area contributed by atoms with Crippen LogP contribution in [-0.2, 0) is 11.3 Å². The van der Waals surface area contributed by atoms with Gasteiger partial charge in [-0.05, 0) is 26.3 Å². The second-order valence-corrected chi connectivity index (χ2v) is 6.93. The van der Waals surface area contributed by atoms with Crippen LogP contribution in [0.3, 0.4) is 0 Å². The minimum Gasteiger partial charge on any atom is -0.480 e. The Morgan fingerprint density at radius 3 is 2.86 bits per heavy atom. The smallest absolute Gasteiger partial charge is 0.320 e. The van der Waals surface area contributed by atoms with Gasteiger partial charge >= 0.3 is 5.97 Å². The third kappa shape index (κ3) is 3.36. The lowest BCUT2D eigenvalue weighted by Crippen LogP contribution is -2.43. The van der Waals surface area contributed by atoms with E-state index in [9.17, 15) is 9.90 Å². The molecule has 1 aromatic heterocycles. The highest BCUT2D eigenvalue weighted by Gasteiger charge is 2.28. The number of aliphatic carboxylic acids is 1. The van der Waals surface area contributed by atoms with Gasteiger partial charge in [0.15, 0.2) is 0 Å². The van der Waals surface area contributed by atoms with Gasteiger partial charge < -0.3 is 5.11 Å². The molecule has 0 aliphatic carbocycles. The van der Waals surface area contributed by atoms with Crippen molar-refractivity contribution in [1.82, 2.24) is 9.88 Å². The molecule has 1 aliphatic heterocycles. The van der Waals surface area contributed by atoms with Crippen molar-refractivity contribution in [3.8, 4) is 10.6 Å². The van der Waals surface area contributed by atoms with E-state index in [0.717, 1.165) is 41.3 Å². The molecular formula is C17H20N2O2S. The molecule has 0 spiro atoms. The first kappa shape index (κ1) is 15.2. The molecule has 1 N–H and O–H groups in total. The molecule has 1 unspecified atom stereocenters. The van der Waals surface area contributed by atoms with E-state index >= 15 is 0 Å². The summed E-state index contributed by atoms with van der Waals surface area (Å²) < 4.78 is 0. The molecule has 4 nitrogen and oxygen atoms in total. The largest absolute Gasteiger partial charge is 0.480 e. The van der Waals surface area contributed by atoms with Gasteiger partial charge in [-0.3, -0.25) is 9.69 Å². The summed E-state index contributed by atoms with van der Waals surface area (Å²) in [7, 11) is 0. The van der Waals surface area contributed by atoms with Crippen molar-refractivity contribution in [2.45, 2.75) is 38.8 Å². The Labute approximate surface area is 134 Å². The van der Waals surface area contributed by atoms with E-state index in [0.29, 0.717) is 6.54 Å². The fraction of sp³-hybridized carbons (Fsp3) is 0.412. The zero-order valence-corrected chi connectivity index (χ0v) is 13.5. The maximum absolute atomic E-state index is 11.4. The van der Waals surface area contributed by atoms with E-state index < -0.39 is 5.97 Å². The number of carboxylic acid groups (broad SMARTS) is 1. The Bertz CT molecular complexity index is 651. The summed E-state index contributed by atoms with van der Waals surface area (Å²) in [6.45, 7) is 3.61. The lowest BCUT2D eigenvalue weighted by Gasteiger charge is -2.32. The molecule has 1 saturated heterocycles. The fourth-order valence-electron chi connectivity index (χ4n) is 2.87. The topological polar surface area (TPSA) is 53.4 Å². The summed E-state index contributed by atoms with van der Waals surface area (Å²) in [5.41, 5.74) is 2.36. The zero-order chi connectivity index (χ0) is 15.5. The molecule has 1 atom stereocenters. The summed E-state index contributed by atoms with van der Waals surface area (Å²) in [6.07, 6.45) is 4.71. The molecule has 1 aliphatic rings. The molecule has 2 aromatic rings. The van der Waals surface area contributed by atoms with E-state index in [1.165, 1.54) is 5.56 Å². The molecule has 1 fully saturated rings. The van der Waals surface area contributed by atoms with Crippen LogP contribution >= 0.6 is 11.3 Å². The van der Waals surface area contributed by atoms with Gasteiger partial charge in [-0.2, -0.15) is 0 Å². The SMILES string of the molecule is Cc1ccc(-c2ncc(CN3CCCCC3C(=O)O)s2)cc1. The molecule has 0 bridgehead atoms. The maximum Gasteiger partial charge on any atom is 0.320 e. The summed E-state index contributed by atoms with van der Waals surface area (Å²) in [5.74, 6) is -0.706. The van der Waals surface area contributed by atoms with Crippen LogP contribution in [0.5, 0.6) is 0 Å². The van der Waals surface area contributed by atoms with Crippen LogP contribution in [0.25, 0.3) is 10.6 Å². The number of nitrogens with zero attached hydrogens (tertiary/aromatic N) is 2. The first-order valence-corrected chi connectivity index (χ1v) is 8.44. The first-order chi connectivity index (χ1) is 10.6. The van der Waals surface area contributed by atoms with Gasteiger partial charge in [-0.1, -0.05) is 36.2 Å². The van der Waals surface area contributed by atoms with Gasteiger partial charge in [0.1, 0.15) is 11.0 Å². The Hall–Kier alpha value is -1.72. The molecule has 1 aromatic carbocycles. The fourth-order valence-corrected chi connectivity index (χ4v) is 3.81. The third-order valence-corrected chi connectivity index (χ3v) is 5.14. The summed E-state index contributed by atoms with van der Waals surface area (Å²) in [6, 6.07) is 7.99. The number of hydrogen-bond acceptors (Lipinski definition) is 4. The second-order valence-electron chi connectivity index (χ2n) is 5.82. The van der Waals surface area contributed by atoms with Gasteiger partial charge in [0.2, 0.25) is 0 Å². The van der Waals surface area contributed by atoms with Crippen molar-refractivity contribution < 1.29 is 9.90 Å². The van der Waals surface area contributed by atoms with Crippen molar-refractivity contribution in [1.29, 1.82) is 0 Å². The highest BCUT2D eigenvalue weighted by Crippen LogP contribution is 2.28. The average Bonchev–Trinajstić information content (AvgIpc) is 2.97. The lowest BCUT2D eigenvalue weighted by molar-refractivity contribution is -0.144. The quantitative estimate of drug-likeness (QED) is 0.937. The van der Waals surface area contributed by atoms with Gasteiger partial charge in [0.25, 0.3) is 0 Å².